The van der Waals surface area contributed by atoms with Gasteiger partial charge in [-0.05, 0) is 6.92 Å². The zero-order chi connectivity index (χ0) is 11.2. The molecule has 0 aromatic rings. The molecule has 8 heteroatoms. The Kier molecular flexibility index (Phi) is 6.24. The summed E-state index contributed by atoms with van der Waals surface area (Å²) in [4.78, 5) is 8.56. The second kappa shape index (κ2) is 5.60. The van der Waals surface area contributed by atoms with Crippen LogP contribution in [-0.2, 0) is 0 Å². The van der Waals surface area contributed by atoms with E-state index in [0.717, 1.165) is 6.92 Å². The molecule has 80 valence electrons. The molecule has 0 heterocycles. The van der Waals surface area contributed by atoms with Crippen LogP contribution in [0.4, 0.5) is 18.0 Å². The Labute approximate surface area is 71.0 Å². The first-order valence-corrected chi connectivity index (χ1v) is 2.93. The number of carbonyl (C=O) groups is 1. The van der Waals surface area contributed by atoms with Crippen molar-refractivity contribution in [3.05, 3.63) is 0 Å². The molecule has 0 saturated carbocycles. The predicted octanol–water partition coefficient (Wildman–Crippen LogP) is 0.513. The minimum atomic E-state index is -4.71. The van der Waals surface area contributed by atoms with Crippen LogP contribution in [0.1, 0.15) is 6.92 Å². The topological polar surface area (TPSA) is 98.0 Å². The van der Waals surface area contributed by atoms with Gasteiger partial charge in [0.15, 0.2) is 6.10 Å². The third kappa shape index (κ3) is 11.0. The summed E-state index contributed by atoms with van der Waals surface area (Å²) in [5.41, 5.74) is 0. The summed E-state index contributed by atoms with van der Waals surface area (Å²) < 4.78 is 33.9. The molecule has 2 unspecified atom stereocenters. The molecule has 5 nitrogen and oxygen atoms in total. The molecule has 0 aliphatic rings. The van der Waals surface area contributed by atoms with Crippen molar-refractivity contribution in [2.75, 3.05) is 0 Å². The van der Waals surface area contributed by atoms with Gasteiger partial charge < -0.3 is 20.4 Å². The Morgan fingerprint density at radius 1 is 1.23 bits per heavy atom. The van der Waals surface area contributed by atoms with Crippen molar-refractivity contribution in [1.82, 2.24) is 0 Å². The third-order valence-electron chi connectivity index (χ3n) is 0.792. The Balaban J connectivity index is 0. The van der Waals surface area contributed by atoms with Gasteiger partial charge in [0.25, 0.3) is 0 Å². The van der Waals surface area contributed by atoms with E-state index < -0.39 is 24.5 Å². The van der Waals surface area contributed by atoms with Crippen LogP contribution in [0.3, 0.4) is 0 Å². The zero-order valence-corrected chi connectivity index (χ0v) is 6.49. The average molecular weight is 206 g/mol. The van der Waals surface area contributed by atoms with Gasteiger partial charge in [-0.25, -0.2) is 4.79 Å². The number of aliphatic hydroxyl groups excluding tert-OH is 2. The summed E-state index contributed by atoms with van der Waals surface area (Å²) in [6, 6.07) is 0. The smallest absolute Gasteiger partial charge is 0.450 e. The number of hydrogen-bond acceptors (Lipinski definition) is 3. The van der Waals surface area contributed by atoms with Crippen LogP contribution in [0.15, 0.2) is 0 Å². The average Bonchev–Trinajstić information content (AvgIpc) is 1.82. The van der Waals surface area contributed by atoms with Crippen LogP contribution in [0, 0.1) is 0 Å². The highest BCUT2D eigenvalue weighted by atomic mass is 19.4. The first-order valence-electron chi connectivity index (χ1n) is 2.93. The fourth-order valence-corrected chi connectivity index (χ4v) is 0.273. The molecule has 0 aromatic heterocycles. The summed E-state index contributed by atoms with van der Waals surface area (Å²) in [5.74, 6) is 0. The Hall–Kier alpha value is -1.02. The Morgan fingerprint density at radius 3 is 1.46 bits per heavy atom. The molecule has 0 aliphatic heterocycles. The van der Waals surface area contributed by atoms with Crippen molar-refractivity contribution < 1.29 is 38.4 Å². The molecule has 0 saturated heterocycles. The van der Waals surface area contributed by atoms with E-state index in [9.17, 15) is 13.2 Å². The van der Waals surface area contributed by atoms with Gasteiger partial charge in [-0.15, -0.1) is 0 Å². The first kappa shape index (κ1) is 14.5. The van der Waals surface area contributed by atoms with Gasteiger partial charge in [0.05, 0.1) is 6.10 Å². The molecule has 0 aromatic carbocycles. The third-order valence-corrected chi connectivity index (χ3v) is 0.792. The Morgan fingerprint density at radius 2 is 1.46 bits per heavy atom. The lowest BCUT2D eigenvalue weighted by Gasteiger charge is -2.16. The van der Waals surface area contributed by atoms with Crippen molar-refractivity contribution in [2.45, 2.75) is 25.3 Å². The van der Waals surface area contributed by atoms with Crippen LogP contribution in [0.5, 0.6) is 0 Å². The normalized spacial score (nSPS) is 15.2. The number of halogens is 3. The number of hydrogen-bond donors (Lipinski definition) is 4. The second-order valence-electron chi connectivity index (χ2n) is 2.01. The van der Waals surface area contributed by atoms with Crippen LogP contribution >= 0.6 is 0 Å². The summed E-state index contributed by atoms with van der Waals surface area (Å²) in [6.07, 6.45) is -10.9. The number of rotatable bonds is 1. The van der Waals surface area contributed by atoms with Gasteiger partial charge >= 0.3 is 12.3 Å². The maximum absolute atomic E-state index is 11.3. The summed E-state index contributed by atoms with van der Waals surface area (Å²) in [6.45, 7) is 0.873. The van der Waals surface area contributed by atoms with Crippen LogP contribution in [0.25, 0.3) is 0 Å². The Bertz CT molecular complexity index is 151. The summed E-state index contributed by atoms with van der Waals surface area (Å²) in [5, 5.41) is 30.2. The second-order valence-corrected chi connectivity index (χ2v) is 2.01. The predicted molar refractivity (Wildman–Crippen MR) is 34.4 cm³/mol. The molecule has 0 spiro atoms. The van der Waals surface area contributed by atoms with Crippen molar-refractivity contribution >= 4 is 6.16 Å². The lowest BCUT2D eigenvalue weighted by Crippen LogP contribution is -2.37. The van der Waals surface area contributed by atoms with Gasteiger partial charge in [-0.2, -0.15) is 13.2 Å². The van der Waals surface area contributed by atoms with Crippen molar-refractivity contribution in [3.8, 4) is 0 Å². The first-order chi connectivity index (χ1) is 5.59. The van der Waals surface area contributed by atoms with Crippen LogP contribution in [-0.4, -0.2) is 45.0 Å². The molecule has 2 atom stereocenters. The lowest BCUT2D eigenvalue weighted by atomic mass is 10.2. The van der Waals surface area contributed by atoms with Gasteiger partial charge in [-0.3, -0.25) is 0 Å². The quantitative estimate of drug-likeness (QED) is 0.501. The van der Waals surface area contributed by atoms with E-state index in [1.807, 2.05) is 0 Å². The zero-order valence-electron chi connectivity index (χ0n) is 6.49. The van der Waals surface area contributed by atoms with E-state index in [2.05, 4.69) is 0 Å². The standard InChI is InChI=1S/C4H7F3O2.CH2O3/c1-2(8)3(9)4(5,6)7;2-1(3)4/h2-3,8-9H,1H3;(H2,2,3,4). The maximum atomic E-state index is 11.3. The van der Waals surface area contributed by atoms with E-state index in [-0.39, 0.29) is 0 Å². The molecule has 0 aliphatic carbocycles. The molecule has 13 heavy (non-hydrogen) atoms. The molecule has 0 fully saturated rings. The number of carboxylic acid groups (broad SMARTS) is 2. The van der Waals surface area contributed by atoms with Gasteiger partial charge in [0, 0.05) is 0 Å². The maximum Gasteiger partial charge on any atom is 0.503 e. The largest absolute Gasteiger partial charge is 0.503 e. The van der Waals surface area contributed by atoms with E-state index in [1.54, 1.807) is 0 Å². The van der Waals surface area contributed by atoms with Gasteiger partial charge in [0.1, 0.15) is 0 Å². The molecular weight excluding hydrogens is 197 g/mol. The van der Waals surface area contributed by atoms with Gasteiger partial charge in [0.2, 0.25) is 0 Å². The highest BCUT2D eigenvalue weighted by Crippen LogP contribution is 2.21. The molecule has 4 N–H and O–H groups in total. The molecular formula is C5H9F3O5. The van der Waals surface area contributed by atoms with Crippen molar-refractivity contribution in [1.29, 1.82) is 0 Å². The lowest BCUT2D eigenvalue weighted by molar-refractivity contribution is -0.227. The number of alkyl halides is 3. The van der Waals surface area contributed by atoms with Crippen LogP contribution in [0.2, 0.25) is 0 Å². The van der Waals surface area contributed by atoms with E-state index in [0.29, 0.717) is 0 Å². The van der Waals surface area contributed by atoms with E-state index >= 15 is 0 Å². The minimum Gasteiger partial charge on any atom is -0.450 e. The molecule has 0 rings (SSSR count). The monoisotopic (exact) mass is 206 g/mol. The fraction of sp³-hybridized carbons (Fsp3) is 0.800. The minimum absolute atomic E-state index is 0.873. The number of aliphatic hydroxyl groups is 2. The highest BCUT2D eigenvalue weighted by molar-refractivity contribution is 5.53. The highest BCUT2D eigenvalue weighted by Gasteiger charge is 2.41. The summed E-state index contributed by atoms with van der Waals surface area (Å²) >= 11 is 0. The molecule has 0 radical (unpaired) electrons. The molecule has 0 bridgehead atoms. The summed E-state index contributed by atoms with van der Waals surface area (Å²) in [7, 11) is 0. The van der Waals surface area contributed by atoms with Gasteiger partial charge in [-0.1, -0.05) is 0 Å². The van der Waals surface area contributed by atoms with Crippen LogP contribution < -0.4 is 0 Å². The van der Waals surface area contributed by atoms with E-state index in [4.69, 9.17) is 25.2 Å². The molecule has 0 amide bonds. The van der Waals surface area contributed by atoms with E-state index in [1.165, 1.54) is 0 Å². The SMILES string of the molecule is CC(O)C(O)C(F)(F)F.O=C(O)O. The van der Waals surface area contributed by atoms with Crippen molar-refractivity contribution in [2.24, 2.45) is 0 Å². The fourth-order valence-electron chi connectivity index (χ4n) is 0.273. The van der Waals surface area contributed by atoms with Crippen molar-refractivity contribution in [3.63, 3.8) is 0 Å².